The summed E-state index contributed by atoms with van der Waals surface area (Å²) < 4.78 is 6.82. The molecule has 7 heteroatoms. The van der Waals surface area contributed by atoms with Gasteiger partial charge in [0.25, 0.3) is 5.56 Å². The van der Waals surface area contributed by atoms with Gasteiger partial charge in [-0.3, -0.25) is 4.79 Å². The molecule has 0 unspecified atom stereocenters. The van der Waals surface area contributed by atoms with Gasteiger partial charge in [-0.15, -0.1) is 0 Å². The van der Waals surface area contributed by atoms with Crippen LogP contribution in [0.2, 0.25) is 0 Å². The van der Waals surface area contributed by atoms with Crippen molar-refractivity contribution in [3.8, 4) is 5.88 Å². The highest BCUT2D eigenvalue weighted by Crippen LogP contribution is 2.08. The number of amides is 2. The van der Waals surface area contributed by atoms with Crippen LogP contribution in [0.4, 0.5) is 10.5 Å². The van der Waals surface area contributed by atoms with Crippen LogP contribution < -0.4 is 20.9 Å². The summed E-state index contributed by atoms with van der Waals surface area (Å²) >= 11 is 0. The average Bonchev–Trinajstić information content (AvgIpc) is 2.55. The Labute approximate surface area is 134 Å². The fourth-order valence-electron chi connectivity index (χ4n) is 1.79. The van der Waals surface area contributed by atoms with Crippen LogP contribution in [-0.2, 0) is 13.6 Å². The Balaban J connectivity index is 1.84. The first-order chi connectivity index (χ1) is 11.1. The SMILES string of the molecule is CCCOc1ccc(CNC(=O)Nc2ccn(C)c(=O)c2)cn1. The van der Waals surface area contributed by atoms with Gasteiger partial charge in [0.1, 0.15) is 0 Å². The number of urea groups is 1. The zero-order chi connectivity index (χ0) is 16.7. The standard InChI is InChI=1S/C16H20N4O3/c1-3-8-23-14-5-4-12(10-17-14)11-18-16(22)19-13-6-7-20(2)15(21)9-13/h4-7,9-10H,3,8,11H2,1-2H3,(H2,18,19,22). The number of ether oxygens (including phenoxy) is 1. The smallest absolute Gasteiger partial charge is 0.319 e. The predicted molar refractivity (Wildman–Crippen MR) is 87.6 cm³/mol. The molecule has 7 nitrogen and oxygen atoms in total. The summed E-state index contributed by atoms with van der Waals surface area (Å²) in [7, 11) is 1.65. The molecule has 0 aliphatic carbocycles. The normalized spacial score (nSPS) is 10.2. The van der Waals surface area contributed by atoms with E-state index in [0.717, 1.165) is 12.0 Å². The number of nitrogens with zero attached hydrogens (tertiary/aromatic N) is 2. The molecule has 23 heavy (non-hydrogen) atoms. The molecule has 0 saturated carbocycles. The minimum absolute atomic E-state index is 0.185. The van der Waals surface area contributed by atoms with E-state index in [-0.39, 0.29) is 11.6 Å². The summed E-state index contributed by atoms with van der Waals surface area (Å²) in [5.74, 6) is 0.570. The number of hydrogen-bond acceptors (Lipinski definition) is 4. The first-order valence-electron chi connectivity index (χ1n) is 7.37. The lowest BCUT2D eigenvalue weighted by Gasteiger charge is -2.08. The summed E-state index contributed by atoms with van der Waals surface area (Å²) in [6.45, 7) is 2.99. The molecule has 2 aromatic heterocycles. The van der Waals surface area contributed by atoms with E-state index in [0.29, 0.717) is 24.7 Å². The lowest BCUT2D eigenvalue weighted by Crippen LogP contribution is -2.29. The monoisotopic (exact) mass is 316 g/mol. The van der Waals surface area contributed by atoms with Crippen molar-refractivity contribution in [3.05, 3.63) is 52.6 Å². The van der Waals surface area contributed by atoms with E-state index in [2.05, 4.69) is 15.6 Å². The maximum absolute atomic E-state index is 11.8. The van der Waals surface area contributed by atoms with Gasteiger partial charge >= 0.3 is 6.03 Å². The van der Waals surface area contributed by atoms with Crippen LogP contribution in [0.3, 0.4) is 0 Å². The van der Waals surface area contributed by atoms with Crippen molar-refractivity contribution in [2.75, 3.05) is 11.9 Å². The van der Waals surface area contributed by atoms with Gasteiger partial charge in [-0.25, -0.2) is 9.78 Å². The minimum atomic E-state index is -0.385. The number of aryl methyl sites for hydroxylation is 1. The number of anilines is 1. The Morgan fingerprint density at radius 1 is 1.35 bits per heavy atom. The third kappa shape index (κ3) is 5.14. The molecule has 0 fully saturated rings. The Morgan fingerprint density at radius 2 is 2.17 bits per heavy atom. The van der Waals surface area contributed by atoms with Gasteiger partial charge in [-0.1, -0.05) is 13.0 Å². The molecule has 0 bridgehead atoms. The number of nitrogens with one attached hydrogen (secondary N) is 2. The molecule has 0 atom stereocenters. The Kier molecular flexibility index (Phi) is 5.74. The Morgan fingerprint density at radius 3 is 2.83 bits per heavy atom. The van der Waals surface area contributed by atoms with Crippen LogP contribution in [0.1, 0.15) is 18.9 Å². The zero-order valence-corrected chi connectivity index (χ0v) is 13.2. The highest BCUT2D eigenvalue weighted by Gasteiger charge is 2.03. The molecule has 122 valence electrons. The highest BCUT2D eigenvalue weighted by molar-refractivity contribution is 5.88. The van der Waals surface area contributed by atoms with Gasteiger partial charge in [0.2, 0.25) is 5.88 Å². The number of aromatic nitrogens is 2. The molecule has 2 heterocycles. The maximum Gasteiger partial charge on any atom is 0.319 e. The summed E-state index contributed by atoms with van der Waals surface area (Å²) in [5, 5.41) is 5.32. The number of carbonyl (C=O) groups excluding carboxylic acids is 1. The lowest BCUT2D eigenvalue weighted by atomic mass is 10.3. The molecule has 0 saturated heterocycles. The van der Waals surface area contributed by atoms with Crippen LogP contribution >= 0.6 is 0 Å². The van der Waals surface area contributed by atoms with Crippen molar-refractivity contribution < 1.29 is 9.53 Å². The first-order valence-corrected chi connectivity index (χ1v) is 7.37. The fraction of sp³-hybridized carbons (Fsp3) is 0.312. The summed E-state index contributed by atoms with van der Waals surface area (Å²) in [6.07, 6.45) is 4.17. The summed E-state index contributed by atoms with van der Waals surface area (Å²) in [4.78, 5) is 27.5. The largest absolute Gasteiger partial charge is 0.478 e. The van der Waals surface area contributed by atoms with Crippen molar-refractivity contribution >= 4 is 11.7 Å². The van der Waals surface area contributed by atoms with E-state index in [1.165, 1.54) is 10.6 Å². The first kappa shape index (κ1) is 16.5. The van der Waals surface area contributed by atoms with Gasteiger partial charge < -0.3 is 19.9 Å². The molecule has 0 aromatic carbocycles. The van der Waals surface area contributed by atoms with E-state index < -0.39 is 0 Å². The van der Waals surface area contributed by atoms with Crippen LogP contribution in [0.15, 0.2) is 41.5 Å². The van der Waals surface area contributed by atoms with Gasteiger partial charge in [0.15, 0.2) is 0 Å². The highest BCUT2D eigenvalue weighted by atomic mass is 16.5. The molecule has 2 N–H and O–H groups in total. The van der Waals surface area contributed by atoms with Gasteiger partial charge in [0, 0.05) is 43.8 Å². The van der Waals surface area contributed by atoms with E-state index >= 15 is 0 Å². The van der Waals surface area contributed by atoms with E-state index in [9.17, 15) is 9.59 Å². The Bertz CT molecular complexity index is 710. The quantitative estimate of drug-likeness (QED) is 0.852. The second-order valence-corrected chi connectivity index (χ2v) is 5.03. The number of carbonyl (C=O) groups is 1. The van der Waals surface area contributed by atoms with E-state index in [4.69, 9.17) is 4.74 Å². The number of rotatable bonds is 6. The molecule has 0 aliphatic heterocycles. The molecule has 0 radical (unpaired) electrons. The van der Waals surface area contributed by atoms with Gasteiger partial charge in [-0.2, -0.15) is 0 Å². The predicted octanol–water partition coefficient (Wildman–Crippen LogP) is 1.89. The van der Waals surface area contributed by atoms with Crippen LogP contribution in [-0.4, -0.2) is 22.2 Å². The van der Waals surface area contributed by atoms with Crippen molar-refractivity contribution in [3.63, 3.8) is 0 Å². The maximum atomic E-state index is 11.8. The van der Waals surface area contributed by atoms with Crippen LogP contribution in [0.5, 0.6) is 5.88 Å². The van der Waals surface area contributed by atoms with Gasteiger partial charge in [0.05, 0.1) is 6.61 Å². The molecule has 0 aliphatic rings. The van der Waals surface area contributed by atoms with Crippen LogP contribution in [0.25, 0.3) is 0 Å². The second-order valence-electron chi connectivity index (χ2n) is 5.03. The Hall–Kier alpha value is -2.83. The summed E-state index contributed by atoms with van der Waals surface area (Å²) in [5.41, 5.74) is 1.12. The minimum Gasteiger partial charge on any atom is -0.478 e. The molecule has 2 amide bonds. The topological polar surface area (TPSA) is 85.2 Å². The second kappa shape index (κ2) is 7.98. The number of hydrogen-bond donors (Lipinski definition) is 2. The third-order valence-electron chi connectivity index (χ3n) is 3.07. The van der Waals surface area contributed by atoms with E-state index in [1.807, 2.05) is 13.0 Å². The van der Waals surface area contributed by atoms with Crippen molar-refractivity contribution in [2.24, 2.45) is 7.05 Å². The van der Waals surface area contributed by atoms with Crippen LogP contribution in [0, 0.1) is 0 Å². The van der Waals surface area contributed by atoms with E-state index in [1.54, 1.807) is 31.6 Å². The molecule has 0 spiro atoms. The third-order valence-corrected chi connectivity index (χ3v) is 3.07. The molecular weight excluding hydrogens is 296 g/mol. The zero-order valence-electron chi connectivity index (χ0n) is 13.2. The van der Waals surface area contributed by atoms with Crippen molar-refractivity contribution in [1.82, 2.24) is 14.9 Å². The average molecular weight is 316 g/mol. The fourth-order valence-corrected chi connectivity index (χ4v) is 1.79. The summed E-state index contributed by atoms with van der Waals surface area (Å²) in [6, 6.07) is 6.25. The molecule has 2 rings (SSSR count). The lowest BCUT2D eigenvalue weighted by molar-refractivity contribution is 0.251. The van der Waals surface area contributed by atoms with Crippen molar-refractivity contribution in [1.29, 1.82) is 0 Å². The van der Waals surface area contributed by atoms with Crippen molar-refractivity contribution in [2.45, 2.75) is 19.9 Å². The van der Waals surface area contributed by atoms with Gasteiger partial charge in [-0.05, 0) is 18.1 Å². The number of pyridine rings is 2. The molecular formula is C16H20N4O3. The molecule has 2 aromatic rings.